The lowest BCUT2D eigenvalue weighted by Gasteiger charge is -2.27. The molecule has 5 nitrogen and oxygen atoms in total. The molecule has 1 saturated carbocycles. The third kappa shape index (κ3) is 4.25. The quantitative estimate of drug-likeness (QED) is 0.629. The van der Waals surface area contributed by atoms with Crippen LogP contribution >= 0.6 is 11.6 Å². The molecule has 0 amide bonds. The molecule has 3 aromatic rings. The first-order chi connectivity index (χ1) is 13.9. The summed E-state index contributed by atoms with van der Waals surface area (Å²) in [7, 11) is 2.00. The Kier molecular flexibility index (Phi) is 5.50. The molecule has 0 aliphatic heterocycles. The van der Waals surface area contributed by atoms with Gasteiger partial charge in [0, 0.05) is 19.5 Å². The van der Waals surface area contributed by atoms with Gasteiger partial charge in [-0.2, -0.15) is 0 Å². The van der Waals surface area contributed by atoms with Crippen LogP contribution in [0.2, 0.25) is 5.02 Å². The molecule has 0 bridgehead atoms. The molecule has 0 atom stereocenters. The average Bonchev–Trinajstić information content (AvgIpc) is 2.97. The zero-order valence-electron chi connectivity index (χ0n) is 16.7. The van der Waals surface area contributed by atoms with E-state index >= 15 is 0 Å². The van der Waals surface area contributed by atoms with E-state index in [1.807, 2.05) is 19.2 Å². The normalized spacial score (nSPS) is 19.4. The molecule has 0 spiro atoms. The molecule has 29 heavy (non-hydrogen) atoms. The number of halogens is 1. The van der Waals surface area contributed by atoms with Crippen LogP contribution in [0.4, 0.5) is 0 Å². The van der Waals surface area contributed by atoms with Crippen molar-refractivity contribution >= 4 is 28.6 Å². The van der Waals surface area contributed by atoms with Crippen molar-refractivity contribution in [2.45, 2.75) is 45.1 Å². The van der Waals surface area contributed by atoms with Crippen molar-refractivity contribution in [1.82, 2.24) is 9.55 Å². The lowest BCUT2D eigenvalue weighted by atomic mass is 9.87. The largest absolute Gasteiger partial charge is 0.489 e. The SMILES string of the molecule is Cc1cccc(Cc2nc3cc(OC4CCC(C(=O)O)CC4)c(Cl)cc3n2C)c1. The van der Waals surface area contributed by atoms with Gasteiger partial charge in [0.1, 0.15) is 11.6 Å². The van der Waals surface area contributed by atoms with E-state index in [-0.39, 0.29) is 12.0 Å². The van der Waals surface area contributed by atoms with Crippen LogP contribution < -0.4 is 4.74 Å². The van der Waals surface area contributed by atoms with Gasteiger partial charge < -0.3 is 14.4 Å². The van der Waals surface area contributed by atoms with Gasteiger partial charge >= 0.3 is 5.97 Å². The number of benzene rings is 2. The number of rotatable bonds is 5. The Morgan fingerprint density at radius 1 is 1.24 bits per heavy atom. The highest BCUT2D eigenvalue weighted by Gasteiger charge is 2.27. The van der Waals surface area contributed by atoms with Gasteiger partial charge in [-0.25, -0.2) is 4.98 Å². The summed E-state index contributed by atoms with van der Waals surface area (Å²) in [5, 5.41) is 9.71. The number of imidazole rings is 1. The first kappa shape index (κ1) is 19.8. The average molecular weight is 413 g/mol. The Labute approximate surface area is 175 Å². The molecule has 1 heterocycles. The summed E-state index contributed by atoms with van der Waals surface area (Å²) in [5.41, 5.74) is 4.28. The van der Waals surface area contributed by atoms with Crippen LogP contribution in [0.3, 0.4) is 0 Å². The first-order valence-electron chi connectivity index (χ1n) is 10.0. The fourth-order valence-corrected chi connectivity index (χ4v) is 4.31. The Morgan fingerprint density at radius 2 is 2.00 bits per heavy atom. The van der Waals surface area contributed by atoms with Gasteiger partial charge in [0.25, 0.3) is 0 Å². The van der Waals surface area contributed by atoms with E-state index in [9.17, 15) is 4.79 Å². The molecule has 6 heteroatoms. The Morgan fingerprint density at radius 3 is 2.69 bits per heavy atom. The van der Waals surface area contributed by atoms with Crippen LogP contribution in [-0.2, 0) is 18.3 Å². The zero-order valence-corrected chi connectivity index (χ0v) is 17.4. The molecule has 1 N–H and O–H groups in total. The van der Waals surface area contributed by atoms with Gasteiger partial charge in [0.05, 0.1) is 28.1 Å². The van der Waals surface area contributed by atoms with E-state index in [0.29, 0.717) is 23.6 Å². The number of carbonyl (C=O) groups is 1. The number of carboxylic acids is 1. The van der Waals surface area contributed by atoms with Gasteiger partial charge in [-0.1, -0.05) is 41.4 Å². The van der Waals surface area contributed by atoms with Crippen molar-refractivity contribution in [3.8, 4) is 5.75 Å². The number of aromatic nitrogens is 2. The third-order valence-corrected chi connectivity index (χ3v) is 6.08. The minimum Gasteiger partial charge on any atom is -0.489 e. The van der Waals surface area contributed by atoms with E-state index in [1.54, 1.807) is 0 Å². The van der Waals surface area contributed by atoms with Crippen LogP contribution in [0.5, 0.6) is 5.75 Å². The predicted octanol–water partition coefficient (Wildman–Crippen LogP) is 5.15. The zero-order chi connectivity index (χ0) is 20.5. The van der Waals surface area contributed by atoms with Crippen molar-refractivity contribution in [3.63, 3.8) is 0 Å². The van der Waals surface area contributed by atoms with Crippen LogP contribution in [0.15, 0.2) is 36.4 Å². The molecular formula is C23H25ClN2O3. The lowest BCUT2D eigenvalue weighted by molar-refractivity contribution is -0.143. The molecular weight excluding hydrogens is 388 g/mol. The van der Waals surface area contributed by atoms with Gasteiger partial charge in [0.2, 0.25) is 0 Å². The summed E-state index contributed by atoms with van der Waals surface area (Å²) < 4.78 is 8.21. The molecule has 152 valence electrons. The fraction of sp³-hybridized carbons (Fsp3) is 0.391. The number of nitrogens with zero attached hydrogens (tertiary/aromatic N) is 2. The molecule has 1 aromatic heterocycles. The van der Waals surface area contributed by atoms with E-state index in [1.165, 1.54) is 11.1 Å². The second-order valence-corrected chi connectivity index (χ2v) is 8.36. The van der Waals surface area contributed by atoms with Gasteiger partial charge in [0.15, 0.2) is 0 Å². The van der Waals surface area contributed by atoms with E-state index < -0.39 is 5.97 Å². The van der Waals surface area contributed by atoms with Crippen molar-refractivity contribution in [2.24, 2.45) is 13.0 Å². The summed E-state index contributed by atoms with van der Waals surface area (Å²) in [6, 6.07) is 12.2. The summed E-state index contributed by atoms with van der Waals surface area (Å²) in [6.07, 6.45) is 3.49. The summed E-state index contributed by atoms with van der Waals surface area (Å²) in [6.45, 7) is 2.09. The molecule has 0 radical (unpaired) electrons. The van der Waals surface area contributed by atoms with Gasteiger partial charge in [-0.05, 0) is 44.2 Å². The number of hydrogen-bond donors (Lipinski definition) is 1. The van der Waals surface area contributed by atoms with Crippen LogP contribution in [0.25, 0.3) is 11.0 Å². The Hall–Kier alpha value is -2.53. The van der Waals surface area contributed by atoms with Crippen molar-refractivity contribution in [3.05, 3.63) is 58.4 Å². The standard InChI is InChI=1S/C23H25ClN2O3/c1-14-4-3-5-15(10-14)11-22-25-19-13-21(18(24)12-20(19)26(22)2)29-17-8-6-16(7-9-17)23(27)28/h3-5,10,12-13,16-17H,6-9,11H2,1-2H3,(H,27,28). The highest BCUT2D eigenvalue weighted by Crippen LogP contribution is 2.34. The maximum atomic E-state index is 11.1. The van der Waals surface area contributed by atoms with Crippen LogP contribution in [-0.4, -0.2) is 26.7 Å². The minimum absolute atomic E-state index is 0.00368. The molecule has 1 fully saturated rings. The second-order valence-electron chi connectivity index (χ2n) is 7.95. The van der Waals surface area contributed by atoms with Crippen molar-refractivity contribution in [2.75, 3.05) is 0 Å². The minimum atomic E-state index is -0.711. The number of carboxylic acid groups (broad SMARTS) is 1. The molecule has 0 unspecified atom stereocenters. The van der Waals surface area contributed by atoms with Gasteiger partial charge in [-0.15, -0.1) is 0 Å². The Bertz CT molecular complexity index is 1050. The highest BCUT2D eigenvalue weighted by molar-refractivity contribution is 6.32. The van der Waals surface area contributed by atoms with Crippen LogP contribution in [0, 0.1) is 12.8 Å². The highest BCUT2D eigenvalue weighted by atomic mass is 35.5. The fourth-order valence-electron chi connectivity index (χ4n) is 4.10. The third-order valence-electron chi connectivity index (χ3n) is 5.79. The van der Waals surface area contributed by atoms with Gasteiger partial charge in [-0.3, -0.25) is 4.79 Å². The maximum absolute atomic E-state index is 11.1. The topological polar surface area (TPSA) is 64.3 Å². The molecule has 1 aliphatic rings. The summed E-state index contributed by atoms with van der Waals surface area (Å²) in [5.74, 6) is 0.629. The Balaban J connectivity index is 1.54. The maximum Gasteiger partial charge on any atom is 0.306 e. The van der Waals surface area contributed by atoms with E-state index in [2.05, 4.69) is 35.8 Å². The lowest BCUT2D eigenvalue weighted by Crippen LogP contribution is -2.27. The summed E-state index contributed by atoms with van der Waals surface area (Å²) >= 11 is 6.50. The second kappa shape index (κ2) is 8.07. The molecule has 1 aliphatic carbocycles. The molecule has 2 aromatic carbocycles. The van der Waals surface area contributed by atoms with Crippen molar-refractivity contribution in [1.29, 1.82) is 0 Å². The smallest absolute Gasteiger partial charge is 0.306 e. The number of ether oxygens (including phenoxy) is 1. The number of hydrogen-bond acceptors (Lipinski definition) is 3. The first-order valence-corrected chi connectivity index (χ1v) is 10.4. The number of aryl methyl sites for hydroxylation is 2. The van der Waals surface area contributed by atoms with Crippen LogP contribution in [0.1, 0.15) is 42.6 Å². The summed E-state index contributed by atoms with van der Waals surface area (Å²) in [4.78, 5) is 15.9. The molecule has 4 rings (SSSR count). The van der Waals surface area contributed by atoms with E-state index in [4.69, 9.17) is 26.4 Å². The monoisotopic (exact) mass is 412 g/mol. The van der Waals surface area contributed by atoms with Crippen molar-refractivity contribution < 1.29 is 14.6 Å². The predicted molar refractivity (Wildman–Crippen MR) is 114 cm³/mol. The molecule has 0 saturated heterocycles. The number of aliphatic carboxylic acids is 1. The van der Waals surface area contributed by atoms with E-state index in [0.717, 1.165) is 36.1 Å². The number of fused-ring (bicyclic) bond motifs is 1.